The van der Waals surface area contributed by atoms with E-state index in [1.165, 1.54) is 6.20 Å². The first-order valence-corrected chi connectivity index (χ1v) is 5.08. The molecule has 0 bridgehead atoms. The number of carboxylic acids is 1. The zero-order valence-corrected chi connectivity index (χ0v) is 9.25. The highest BCUT2D eigenvalue weighted by atomic mass is 16.4. The topological polar surface area (TPSA) is 59.3 Å². The van der Waals surface area contributed by atoms with Crippen LogP contribution in [0.15, 0.2) is 47.5 Å². The minimum Gasteiger partial charge on any atom is -0.477 e. The van der Waals surface area contributed by atoms with Gasteiger partial charge >= 0.3 is 5.97 Å². The van der Waals surface area contributed by atoms with Gasteiger partial charge in [0, 0.05) is 25.0 Å². The van der Waals surface area contributed by atoms with Gasteiger partial charge in [-0.05, 0) is 5.56 Å². The van der Waals surface area contributed by atoms with Crippen LogP contribution in [0.3, 0.4) is 0 Å². The highest BCUT2D eigenvalue weighted by Gasteiger charge is 2.13. The van der Waals surface area contributed by atoms with Crippen LogP contribution in [-0.4, -0.2) is 15.6 Å². The van der Waals surface area contributed by atoms with Crippen molar-refractivity contribution in [3.05, 3.63) is 58.5 Å². The quantitative estimate of drug-likeness (QED) is 0.853. The van der Waals surface area contributed by atoms with E-state index in [0.717, 1.165) is 5.56 Å². The molecule has 4 heteroatoms. The van der Waals surface area contributed by atoms with Gasteiger partial charge in [0.15, 0.2) is 0 Å². The fourth-order valence-corrected chi connectivity index (χ4v) is 1.68. The van der Waals surface area contributed by atoms with Crippen LogP contribution >= 0.6 is 0 Å². The summed E-state index contributed by atoms with van der Waals surface area (Å²) in [5.41, 5.74) is 0.444. The zero-order valence-electron chi connectivity index (χ0n) is 9.25. The molecule has 0 saturated heterocycles. The number of carboxylic acid groups (broad SMARTS) is 1. The number of rotatable bonds is 2. The first kappa shape index (κ1) is 11.1. The standard InChI is InChI=1S/C13H11NO3/c1-14-7-10(9-5-3-2-4-6-9)12(15)11(8-14)13(16)17/h2-8H,1H3,(H,16,17). The van der Waals surface area contributed by atoms with Crippen molar-refractivity contribution in [2.24, 2.45) is 7.05 Å². The Morgan fingerprint density at radius 3 is 2.41 bits per heavy atom. The zero-order chi connectivity index (χ0) is 12.4. The summed E-state index contributed by atoms with van der Waals surface area (Å²) in [5, 5.41) is 8.95. The molecule has 86 valence electrons. The van der Waals surface area contributed by atoms with Crippen molar-refractivity contribution in [3.8, 4) is 11.1 Å². The van der Waals surface area contributed by atoms with Crippen LogP contribution in [0, 0.1) is 0 Å². The van der Waals surface area contributed by atoms with E-state index in [0.29, 0.717) is 5.56 Å². The lowest BCUT2D eigenvalue weighted by atomic mass is 10.1. The predicted octanol–water partition coefficient (Wildman–Crippen LogP) is 1.75. The smallest absolute Gasteiger partial charge is 0.341 e. The molecular formula is C13H11NO3. The summed E-state index contributed by atoms with van der Waals surface area (Å²) in [4.78, 5) is 22.9. The van der Waals surface area contributed by atoms with E-state index in [9.17, 15) is 9.59 Å². The number of hydrogen-bond donors (Lipinski definition) is 1. The number of nitrogens with zero attached hydrogens (tertiary/aromatic N) is 1. The van der Waals surface area contributed by atoms with Gasteiger partial charge in [-0.2, -0.15) is 0 Å². The van der Waals surface area contributed by atoms with Crippen LogP contribution in [0.25, 0.3) is 11.1 Å². The molecule has 0 fully saturated rings. The average Bonchev–Trinajstić information content (AvgIpc) is 2.32. The molecule has 2 rings (SSSR count). The number of carbonyl (C=O) groups is 1. The van der Waals surface area contributed by atoms with Crippen LogP contribution in [0.2, 0.25) is 0 Å². The first-order valence-electron chi connectivity index (χ1n) is 5.08. The Labute approximate surface area is 97.8 Å². The normalized spacial score (nSPS) is 10.2. The number of aromatic carboxylic acids is 1. The minimum atomic E-state index is -1.21. The van der Waals surface area contributed by atoms with E-state index in [1.54, 1.807) is 29.9 Å². The number of pyridine rings is 1. The molecule has 17 heavy (non-hydrogen) atoms. The van der Waals surface area contributed by atoms with Gasteiger partial charge in [0.2, 0.25) is 5.43 Å². The van der Waals surface area contributed by atoms with Gasteiger partial charge in [-0.3, -0.25) is 4.79 Å². The van der Waals surface area contributed by atoms with Crippen molar-refractivity contribution in [3.63, 3.8) is 0 Å². The first-order chi connectivity index (χ1) is 8.09. The number of hydrogen-bond acceptors (Lipinski definition) is 2. The third-order valence-electron chi connectivity index (χ3n) is 2.47. The molecular weight excluding hydrogens is 218 g/mol. The SMILES string of the molecule is Cn1cc(C(=O)O)c(=O)c(-c2ccccc2)c1. The molecule has 0 atom stereocenters. The van der Waals surface area contributed by atoms with Gasteiger partial charge < -0.3 is 9.67 Å². The van der Waals surface area contributed by atoms with Crippen molar-refractivity contribution < 1.29 is 9.90 Å². The maximum absolute atomic E-state index is 12.0. The highest BCUT2D eigenvalue weighted by molar-refractivity contribution is 5.88. The summed E-state index contributed by atoms with van der Waals surface area (Å²) in [6.07, 6.45) is 2.95. The van der Waals surface area contributed by atoms with Crippen molar-refractivity contribution in [1.29, 1.82) is 0 Å². The molecule has 0 unspecified atom stereocenters. The Hall–Kier alpha value is -2.36. The Balaban J connectivity index is 2.72. The van der Waals surface area contributed by atoms with Crippen molar-refractivity contribution in [2.75, 3.05) is 0 Å². The highest BCUT2D eigenvalue weighted by Crippen LogP contribution is 2.14. The molecule has 0 aliphatic heterocycles. The van der Waals surface area contributed by atoms with Crippen molar-refractivity contribution in [1.82, 2.24) is 4.57 Å². The molecule has 1 heterocycles. The molecule has 0 aliphatic rings. The average molecular weight is 229 g/mol. The predicted molar refractivity (Wildman–Crippen MR) is 64.1 cm³/mol. The van der Waals surface area contributed by atoms with E-state index < -0.39 is 11.4 Å². The molecule has 1 N–H and O–H groups in total. The summed E-state index contributed by atoms with van der Waals surface area (Å²) in [5.74, 6) is -1.21. The molecule has 0 saturated carbocycles. The second-order valence-corrected chi connectivity index (χ2v) is 3.75. The molecule has 4 nitrogen and oxygen atoms in total. The second kappa shape index (κ2) is 4.25. The number of aryl methyl sites for hydroxylation is 1. The van der Waals surface area contributed by atoms with Gasteiger partial charge in [-0.1, -0.05) is 30.3 Å². The fourth-order valence-electron chi connectivity index (χ4n) is 1.68. The maximum atomic E-state index is 12.0. The van der Waals surface area contributed by atoms with E-state index in [2.05, 4.69) is 0 Å². The molecule has 1 aromatic heterocycles. The Kier molecular flexibility index (Phi) is 2.78. The molecule has 0 aliphatic carbocycles. The lowest BCUT2D eigenvalue weighted by molar-refractivity contribution is 0.0694. The van der Waals surface area contributed by atoms with E-state index in [-0.39, 0.29) is 5.56 Å². The van der Waals surface area contributed by atoms with Gasteiger partial charge in [-0.25, -0.2) is 4.79 Å². The van der Waals surface area contributed by atoms with Crippen molar-refractivity contribution in [2.45, 2.75) is 0 Å². The van der Waals surface area contributed by atoms with Gasteiger partial charge in [-0.15, -0.1) is 0 Å². The number of aromatic nitrogens is 1. The monoisotopic (exact) mass is 229 g/mol. The Bertz CT molecular complexity index is 614. The lowest BCUT2D eigenvalue weighted by Gasteiger charge is -2.06. The molecule has 2 aromatic rings. The van der Waals surface area contributed by atoms with Crippen LogP contribution in [0.5, 0.6) is 0 Å². The third kappa shape index (κ3) is 2.10. The Morgan fingerprint density at radius 2 is 1.82 bits per heavy atom. The molecule has 1 aromatic carbocycles. The van der Waals surface area contributed by atoms with E-state index in [1.807, 2.05) is 18.2 Å². The summed E-state index contributed by atoms with van der Waals surface area (Å²) < 4.78 is 1.58. The Morgan fingerprint density at radius 1 is 1.18 bits per heavy atom. The lowest BCUT2D eigenvalue weighted by Crippen LogP contribution is -2.18. The van der Waals surface area contributed by atoms with Gasteiger partial charge in [0.05, 0.1) is 0 Å². The van der Waals surface area contributed by atoms with E-state index >= 15 is 0 Å². The molecule has 0 radical (unpaired) electrons. The van der Waals surface area contributed by atoms with Crippen LogP contribution in [0.4, 0.5) is 0 Å². The largest absolute Gasteiger partial charge is 0.477 e. The van der Waals surface area contributed by atoms with Crippen LogP contribution < -0.4 is 5.43 Å². The summed E-state index contributed by atoms with van der Waals surface area (Å²) in [6, 6.07) is 9.02. The van der Waals surface area contributed by atoms with Gasteiger partial charge in [0.1, 0.15) is 5.56 Å². The third-order valence-corrected chi connectivity index (χ3v) is 2.47. The summed E-state index contributed by atoms with van der Waals surface area (Å²) in [6.45, 7) is 0. The molecule has 0 amide bonds. The van der Waals surface area contributed by atoms with Crippen molar-refractivity contribution >= 4 is 5.97 Å². The van der Waals surface area contributed by atoms with Crippen LogP contribution in [-0.2, 0) is 7.05 Å². The fraction of sp³-hybridized carbons (Fsp3) is 0.0769. The van der Waals surface area contributed by atoms with E-state index in [4.69, 9.17) is 5.11 Å². The summed E-state index contributed by atoms with van der Waals surface area (Å²) in [7, 11) is 1.69. The van der Waals surface area contributed by atoms with Crippen LogP contribution in [0.1, 0.15) is 10.4 Å². The van der Waals surface area contributed by atoms with Gasteiger partial charge in [0.25, 0.3) is 0 Å². The molecule has 0 spiro atoms. The minimum absolute atomic E-state index is 0.214. The summed E-state index contributed by atoms with van der Waals surface area (Å²) >= 11 is 0. The number of benzene rings is 1. The second-order valence-electron chi connectivity index (χ2n) is 3.75. The maximum Gasteiger partial charge on any atom is 0.341 e.